The van der Waals surface area contributed by atoms with Crippen LogP contribution < -0.4 is 15.0 Å². The fourth-order valence-corrected chi connectivity index (χ4v) is 4.64. The summed E-state index contributed by atoms with van der Waals surface area (Å²) in [6.45, 7) is -3.30. The van der Waals surface area contributed by atoms with E-state index in [1.807, 2.05) is 0 Å². The van der Waals surface area contributed by atoms with Gasteiger partial charge in [0.1, 0.15) is 5.82 Å². The van der Waals surface area contributed by atoms with E-state index in [2.05, 4.69) is 20.7 Å². The van der Waals surface area contributed by atoms with E-state index in [1.165, 1.54) is 6.92 Å². The van der Waals surface area contributed by atoms with Gasteiger partial charge in [-0.05, 0) is 65.3 Å². The number of halogens is 15. The number of carbonyl (C=O) groups is 2. The van der Waals surface area contributed by atoms with Crippen LogP contribution in [0.25, 0.3) is 0 Å². The summed E-state index contributed by atoms with van der Waals surface area (Å²) in [5, 5.41) is 1.72. The van der Waals surface area contributed by atoms with Crippen molar-refractivity contribution in [3.05, 3.63) is 86.9 Å². The third-order valence-electron chi connectivity index (χ3n) is 6.29. The third-order valence-corrected chi connectivity index (χ3v) is 6.91. The van der Waals surface area contributed by atoms with Crippen LogP contribution in [0.1, 0.15) is 38.8 Å². The number of nitrogens with zero attached hydrogens (tertiary/aromatic N) is 1. The van der Waals surface area contributed by atoms with Crippen LogP contribution in [0.5, 0.6) is 5.75 Å². The Bertz CT molecular complexity index is 1660. The lowest BCUT2D eigenvalue weighted by molar-refractivity contribution is -0.348. The van der Waals surface area contributed by atoms with Crippen molar-refractivity contribution in [3.63, 3.8) is 0 Å². The van der Waals surface area contributed by atoms with Crippen LogP contribution in [0.4, 0.5) is 72.8 Å². The second-order valence-electron chi connectivity index (χ2n) is 9.20. The molecule has 0 radical (unpaired) electrons. The molecule has 3 rings (SSSR count). The van der Waals surface area contributed by atoms with Gasteiger partial charge < -0.3 is 15.0 Å². The summed E-state index contributed by atoms with van der Waals surface area (Å²) >= 11 is 2.45. The van der Waals surface area contributed by atoms with Gasteiger partial charge in [-0.15, -0.1) is 0 Å². The molecule has 0 saturated carbocycles. The highest BCUT2D eigenvalue weighted by atomic mass is 79.9. The number of hydrogen-bond donors (Lipinski definition) is 1. The number of carbonyl (C=O) groups excluding carboxylic acids is 2. The predicted molar refractivity (Wildman–Crippen MR) is 139 cm³/mol. The quantitative estimate of drug-likeness (QED) is 0.233. The maximum Gasteiger partial charge on any atom is 0.435 e. The first-order chi connectivity index (χ1) is 21.4. The smallest absolute Gasteiger partial charge is 0.433 e. The molecule has 1 N–H and O–H groups in total. The van der Waals surface area contributed by atoms with Crippen molar-refractivity contribution in [3.8, 4) is 5.75 Å². The molecule has 0 atom stereocenters. The average molecular weight is 761 g/mol. The summed E-state index contributed by atoms with van der Waals surface area (Å²) < 4.78 is 193. The Kier molecular flexibility index (Phi) is 10.5. The summed E-state index contributed by atoms with van der Waals surface area (Å²) in [7, 11) is 0. The van der Waals surface area contributed by atoms with Crippen LogP contribution in [0.3, 0.4) is 0 Å². The molecule has 5 nitrogen and oxygen atoms in total. The summed E-state index contributed by atoms with van der Waals surface area (Å²) in [6.07, 6.45) is -18.3. The van der Waals surface area contributed by atoms with Crippen LogP contribution in [-0.2, 0) is 11.8 Å². The van der Waals surface area contributed by atoms with E-state index in [1.54, 1.807) is 5.32 Å². The average Bonchev–Trinajstić information content (AvgIpc) is 2.93. The van der Waals surface area contributed by atoms with Crippen LogP contribution in [0.15, 0.2) is 53.0 Å². The van der Waals surface area contributed by atoms with E-state index in [9.17, 15) is 66.7 Å². The summed E-state index contributed by atoms with van der Waals surface area (Å²) in [5.74, 6) is -7.82. The lowest BCUT2D eigenvalue weighted by atomic mass is 9.93. The van der Waals surface area contributed by atoms with E-state index in [0.29, 0.717) is 23.1 Å². The number of nitrogens with one attached hydrogen (secondary N) is 1. The van der Waals surface area contributed by atoms with Crippen molar-refractivity contribution < 1.29 is 75.8 Å². The molecule has 256 valence electrons. The second-order valence-corrected chi connectivity index (χ2v) is 10.1. The van der Waals surface area contributed by atoms with Crippen molar-refractivity contribution in [2.75, 3.05) is 16.8 Å². The Morgan fingerprint density at radius 2 is 1.45 bits per heavy atom. The molecule has 3 aromatic carbocycles. The van der Waals surface area contributed by atoms with Crippen molar-refractivity contribution in [2.24, 2.45) is 0 Å². The molecule has 47 heavy (non-hydrogen) atoms. The van der Waals surface area contributed by atoms with Crippen molar-refractivity contribution in [1.29, 1.82) is 0 Å². The molecule has 0 aliphatic carbocycles. The number of rotatable bonds is 8. The molecule has 0 heterocycles. The lowest BCUT2D eigenvalue weighted by Crippen LogP contribution is -2.50. The summed E-state index contributed by atoms with van der Waals surface area (Å²) in [6, 6.07) is 2.71. The third kappa shape index (κ3) is 7.41. The zero-order valence-electron chi connectivity index (χ0n) is 22.7. The van der Waals surface area contributed by atoms with Gasteiger partial charge in [0.05, 0.1) is 28.1 Å². The maximum absolute atomic E-state index is 15.6. The van der Waals surface area contributed by atoms with Gasteiger partial charge in [0.2, 0.25) is 0 Å². The first-order valence-electron chi connectivity index (χ1n) is 12.3. The Hall–Kier alpha value is -4.10. The predicted octanol–water partition coefficient (Wildman–Crippen LogP) is 9.56. The molecule has 0 fully saturated rings. The van der Waals surface area contributed by atoms with Gasteiger partial charge >= 0.3 is 30.8 Å². The monoisotopic (exact) mass is 760 g/mol. The molecule has 0 aromatic heterocycles. The minimum Gasteiger partial charge on any atom is -0.433 e. The molecule has 0 spiro atoms. The van der Waals surface area contributed by atoms with E-state index < -0.39 is 111 Å². The molecule has 3 aromatic rings. The van der Waals surface area contributed by atoms with Gasteiger partial charge in [-0.3, -0.25) is 9.59 Å². The summed E-state index contributed by atoms with van der Waals surface area (Å²) in [4.78, 5) is 26.4. The minimum atomic E-state index is -6.67. The molecule has 0 saturated heterocycles. The Morgan fingerprint density at radius 3 is 1.96 bits per heavy atom. The maximum atomic E-state index is 15.6. The Balaban J connectivity index is 2.09. The van der Waals surface area contributed by atoms with E-state index in [-0.39, 0.29) is 12.1 Å². The summed E-state index contributed by atoms with van der Waals surface area (Å²) in [5.41, 5.74) is -14.0. The van der Waals surface area contributed by atoms with Gasteiger partial charge in [0.15, 0.2) is 11.6 Å². The van der Waals surface area contributed by atoms with Crippen LogP contribution in [-0.4, -0.2) is 37.3 Å². The van der Waals surface area contributed by atoms with Gasteiger partial charge in [-0.2, -0.15) is 48.3 Å². The molecule has 0 aliphatic heterocycles. The van der Waals surface area contributed by atoms with Gasteiger partial charge in [-0.25, -0.2) is 13.2 Å². The Morgan fingerprint density at radius 1 is 0.851 bits per heavy atom. The SMILES string of the molecule is CCN(C(=O)c1cc(C(F)(F)F)ccc1F)c1cccc(C(=O)Nc2c(Br)cc(C(F)(C(F)(F)F)C(F)(F)F)cc2OC(F)F)c1F. The first kappa shape index (κ1) is 37.4. The van der Waals surface area contributed by atoms with E-state index in [4.69, 9.17) is 0 Å². The largest absolute Gasteiger partial charge is 0.435 e. The van der Waals surface area contributed by atoms with Crippen molar-refractivity contribution in [2.45, 2.75) is 37.7 Å². The molecule has 20 heteroatoms. The molecule has 0 unspecified atom stereocenters. The zero-order valence-corrected chi connectivity index (χ0v) is 24.3. The van der Waals surface area contributed by atoms with Crippen LogP contribution >= 0.6 is 15.9 Å². The first-order valence-corrected chi connectivity index (χ1v) is 13.1. The number of ether oxygens (including phenoxy) is 1. The van der Waals surface area contributed by atoms with Gasteiger partial charge in [0.25, 0.3) is 11.8 Å². The van der Waals surface area contributed by atoms with Gasteiger partial charge in [-0.1, -0.05) is 6.07 Å². The molecular weight excluding hydrogens is 746 g/mol. The zero-order chi connectivity index (χ0) is 35.9. The van der Waals surface area contributed by atoms with Crippen LogP contribution in [0.2, 0.25) is 0 Å². The fourth-order valence-electron chi connectivity index (χ4n) is 4.10. The number of benzene rings is 3. The van der Waals surface area contributed by atoms with Gasteiger partial charge in [0, 0.05) is 16.6 Å². The molecule has 0 aliphatic rings. The second kappa shape index (κ2) is 13.2. The molecular formula is C27H15BrF14N2O3. The standard InChI is InChI=1S/C27H15BrF14N2O3/c1-2-44(22(46)14-8-11(25(34,35)36)6-7-16(14)29)17-5-3-4-13(19(17)30)21(45)43-20-15(28)9-12(10-18(20)47-23(31)32)24(33,26(37,38)39)27(40,41)42/h3-10,23H,2H2,1H3,(H,43,45). The molecule has 0 bridgehead atoms. The molecule has 2 amide bonds. The number of hydrogen-bond acceptors (Lipinski definition) is 3. The van der Waals surface area contributed by atoms with Crippen molar-refractivity contribution >= 4 is 39.1 Å². The highest BCUT2D eigenvalue weighted by molar-refractivity contribution is 9.10. The normalized spacial score (nSPS) is 12.7. The minimum absolute atomic E-state index is 0.150. The van der Waals surface area contributed by atoms with Crippen LogP contribution in [0, 0.1) is 11.6 Å². The fraction of sp³-hybridized carbons (Fsp3) is 0.259. The Labute approximate surface area is 262 Å². The van der Waals surface area contributed by atoms with Crippen molar-refractivity contribution in [1.82, 2.24) is 0 Å². The lowest BCUT2D eigenvalue weighted by Gasteiger charge is -2.31. The highest BCUT2D eigenvalue weighted by Crippen LogP contribution is 2.55. The van der Waals surface area contributed by atoms with E-state index in [0.717, 1.165) is 12.1 Å². The number of alkyl halides is 12. The topological polar surface area (TPSA) is 58.6 Å². The highest BCUT2D eigenvalue weighted by Gasteiger charge is 2.73. The van der Waals surface area contributed by atoms with E-state index >= 15 is 4.39 Å². The number of amides is 2. The number of anilines is 2.